The lowest BCUT2D eigenvalue weighted by atomic mass is 10.2. The van der Waals surface area contributed by atoms with Crippen LogP contribution in [0.1, 0.15) is 5.56 Å². The summed E-state index contributed by atoms with van der Waals surface area (Å²) >= 11 is 17.7. The van der Waals surface area contributed by atoms with Crippen LogP contribution >= 0.6 is 34.8 Å². The predicted octanol–water partition coefficient (Wildman–Crippen LogP) is 3.29. The second kappa shape index (κ2) is 10.0. The Labute approximate surface area is 165 Å². The third kappa shape index (κ3) is 6.55. The van der Waals surface area contributed by atoms with E-state index >= 15 is 0 Å². The zero-order valence-electron chi connectivity index (χ0n) is 13.3. The number of halogens is 3. The molecule has 0 aliphatic heterocycles. The quantitative estimate of drug-likeness (QED) is 0.539. The molecule has 2 amide bonds. The van der Waals surface area contributed by atoms with E-state index < -0.39 is 11.8 Å². The van der Waals surface area contributed by atoms with Crippen LogP contribution in [0, 0.1) is 0 Å². The van der Waals surface area contributed by atoms with Gasteiger partial charge in [0.05, 0.1) is 22.8 Å². The first kappa shape index (κ1) is 20.0. The Morgan fingerprint density at radius 2 is 1.65 bits per heavy atom. The fourth-order valence-corrected chi connectivity index (χ4v) is 2.37. The molecule has 2 N–H and O–H groups in total. The Kier molecular flexibility index (Phi) is 7.72. The van der Waals surface area contributed by atoms with E-state index in [0.29, 0.717) is 26.4 Å². The van der Waals surface area contributed by atoms with Gasteiger partial charge in [-0.05, 0) is 36.4 Å². The molecule has 2 aromatic carbocycles. The maximum atomic E-state index is 11.7. The first-order valence-corrected chi connectivity index (χ1v) is 8.50. The minimum atomic E-state index is -0.510. The fourth-order valence-electron chi connectivity index (χ4n) is 1.75. The fraction of sp³-hybridized carbons (Fsp3) is 0.118. The molecule has 136 valence electrons. The van der Waals surface area contributed by atoms with E-state index in [0.717, 1.165) is 0 Å². The average Bonchev–Trinajstić information content (AvgIpc) is 2.62. The van der Waals surface area contributed by atoms with Crippen molar-refractivity contribution in [2.45, 2.75) is 0 Å². The highest BCUT2D eigenvalue weighted by molar-refractivity contribution is 6.38. The van der Waals surface area contributed by atoms with E-state index in [1.54, 1.807) is 42.5 Å². The minimum Gasteiger partial charge on any atom is -0.484 e. The predicted molar refractivity (Wildman–Crippen MR) is 102 cm³/mol. The maximum Gasteiger partial charge on any atom is 0.259 e. The van der Waals surface area contributed by atoms with Crippen LogP contribution in [-0.2, 0) is 9.59 Å². The lowest BCUT2D eigenvalue weighted by Gasteiger charge is -2.07. The molecule has 0 unspecified atom stereocenters. The third-order valence-corrected chi connectivity index (χ3v) is 3.92. The van der Waals surface area contributed by atoms with Crippen LogP contribution in [0.2, 0.25) is 15.1 Å². The van der Waals surface area contributed by atoms with Crippen molar-refractivity contribution in [3.05, 3.63) is 63.1 Å². The number of hydrogen-bond donors (Lipinski definition) is 2. The molecule has 0 saturated heterocycles. The normalized spacial score (nSPS) is 10.6. The van der Waals surface area contributed by atoms with Gasteiger partial charge in [-0.2, -0.15) is 5.10 Å². The average molecular weight is 415 g/mol. The Bertz CT molecular complexity index is 790. The molecule has 0 heterocycles. The van der Waals surface area contributed by atoms with Gasteiger partial charge in [0.15, 0.2) is 6.61 Å². The molecule has 0 aromatic heterocycles. The minimum absolute atomic E-state index is 0.229. The van der Waals surface area contributed by atoms with Crippen molar-refractivity contribution in [2.24, 2.45) is 5.10 Å². The Morgan fingerprint density at radius 3 is 2.31 bits per heavy atom. The van der Waals surface area contributed by atoms with Gasteiger partial charge in [0, 0.05) is 10.6 Å². The number of hydrazone groups is 1. The molecule has 26 heavy (non-hydrogen) atoms. The van der Waals surface area contributed by atoms with E-state index in [9.17, 15) is 9.59 Å². The van der Waals surface area contributed by atoms with Crippen molar-refractivity contribution in [2.75, 3.05) is 13.2 Å². The number of hydrogen-bond acceptors (Lipinski definition) is 4. The van der Waals surface area contributed by atoms with E-state index in [4.69, 9.17) is 39.5 Å². The number of rotatable bonds is 7. The number of carbonyl (C=O) groups excluding carboxylic acids is 2. The van der Waals surface area contributed by atoms with E-state index in [1.807, 2.05) is 0 Å². The van der Waals surface area contributed by atoms with Crippen LogP contribution < -0.4 is 15.5 Å². The lowest BCUT2D eigenvalue weighted by Crippen LogP contribution is -2.37. The summed E-state index contributed by atoms with van der Waals surface area (Å²) in [6.45, 7) is -0.482. The van der Waals surface area contributed by atoms with Gasteiger partial charge in [-0.15, -0.1) is 0 Å². The van der Waals surface area contributed by atoms with Crippen LogP contribution in [0.25, 0.3) is 0 Å². The van der Waals surface area contributed by atoms with Crippen molar-refractivity contribution >= 4 is 52.8 Å². The molecule has 0 radical (unpaired) electrons. The summed E-state index contributed by atoms with van der Waals surface area (Å²) in [6, 6.07) is 11.6. The molecule has 6 nitrogen and oxygen atoms in total. The highest BCUT2D eigenvalue weighted by Crippen LogP contribution is 2.22. The first-order chi connectivity index (χ1) is 12.5. The van der Waals surface area contributed by atoms with Gasteiger partial charge in [0.1, 0.15) is 5.75 Å². The van der Waals surface area contributed by atoms with Crippen LogP contribution in [-0.4, -0.2) is 31.2 Å². The van der Waals surface area contributed by atoms with E-state index in [1.165, 1.54) is 6.21 Å². The Hall–Kier alpha value is -2.28. The largest absolute Gasteiger partial charge is 0.484 e. The molecular formula is C17H14Cl3N3O3. The molecule has 0 saturated carbocycles. The van der Waals surface area contributed by atoms with Crippen molar-refractivity contribution in [3.8, 4) is 5.75 Å². The summed E-state index contributed by atoms with van der Waals surface area (Å²) in [4.78, 5) is 23.3. The number of amides is 2. The highest BCUT2D eigenvalue weighted by atomic mass is 35.5. The van der Waals surface area contributed by atoms with Gasteiger partial charge in [-0.3, -0.25) is 9.59 Å². The Morgan fingerprint density at radius 1 is 1.00 bits per heavy atom. The molecule has 0 aliphatic carbocycles. The monoisotopic (exact) mass is 413 g/mol. The smallest absolute Gasteiger partial charge is 0.259 e. The van der Waals surface area contributed by atoms with Crippen molar-refractivity contribution in [1.29, 1.82) is 0 Å². The van der Waals surface area contributed by atoms with Gasteiger partial charge in [0.2, 0.25) is 0 Å². The van der Waals surface area contributed by atoms with Gasteiger partial charge < -0.3 is 10.1 Å². The summed E-state index contributed by atoms with van der Waals surface area (Å²) in [5.41, 5.74) is 2.75. The molecule has 0 atom stereocenters. The summed E-state index contributed by atoms with van der Waals surface area (Å²) in [5, 5.41) is 7.54. The standard InChI is InChI=1S/C17H14Cl3N3O3/c18-11-4-6-12(7-5-11)26-10-17(25)21-9-16(24)23-22-8-13-14(19)2-1-3-15(13)20/h1-8H,9-10H2,(H,21,25)(H,23,24)/b22-8+. The number of nitrogens with zero attached hydrogens (tertiary/aromatic N) is 1. The van der Waals surface area contributed by atoms with E-state index in [-0.39, 0.29) is 13.2 Å². The zero-order chi connectivity index (χ0) is 18.9. The molecule has 0 bridgehead atoms. The van der Waals surface area contributed by atoms with Crippen LogP contribution in [0.4, 0.5) is 0 Å². The summed E-state index contributed by atoms with van der Waals surface area (Å²) < 4.78 is 5.26. The number of benzene rings is 2. The number of ether oxygens (including phenoxy) is 1. The summed E-state index contributed by atoms with van der Waals surface area (Å²) in [6.07, 6.45) is 1.33. The van der Waals surface area contributed by atoms with Gasteiger partial charge >= 0.3 is 0 Å². The van der Waals surface area contributed by atoms with Gasteiger partial charge in [0.25, 0.3) is 11.8 Å². The molecule has 9 heteroatoms. The maximum absolute atomic E-state index is 11.7. The van der Waals surface area contributed by atoms with Crippen molar-refractivity contribution < 1.29 is 14.3 Å². The molecule has 0 spiro atoms. The van der Waals surface area contributed by atoms with Crippen molar-refractivity contribution in [3.63, 3.8) is 0 Å². The van der Waals surface area contributed by atoms with Crippen molar-refractivity contribution in [1.82, 2.24) is 10.7 Å². The molecular weight excluding hydrogens is 401 g/mol. The first-order valence-electron chi connectivity index (χ1n) is 7.36. The SMILES string of the molecule is O=C(COc1ccc(Cl)cc1)NCC(=O)N/N=C/c1c(Cl)cccc1Cl. The Balaban J connectivity index is 1.71. The molecule has 2 rings (SSSR count). The second-order valence-electron chi connectivity index (χ2n) is 4.95. The molecule has 2 aromatic rings. The van der Waals surface area contributed by atoms with Crippen LogP contribution in [0.5, 0.6) is 5.75 Å². The third-order valence-electron chi connectivity index (χ3n) is 3.01. The van der Waals surface area contributed by atoms with Crippen LogP contribution in [0.3, 0.4) is 0 Å². The second-order valence-corrected chi connectivity index (χ2v) is 6.20. The van der Waals surface area contributed by atoms with E-state index in [2.05, 4.69) is 15.8 Å². The lowest BCUT2D eigenvalue weighted by molar-refractivity contribution is -0.127. The number of nitrogens with one attached hydrogen (secondary N) is 2. The van der Waals surface area contributed by atoms with Gasteiger partial charge in [-0.25, -0.2) is 5.43 Å². The highest BCUT2D eigenvalue weighted by Gasteiger charge is 2.06. The number of carbonyl (C=O) groups is 2. The zero-order valence-corrected chi connectivity index (χ0v) is 15.6. The molecule has 0 fully saturated rings. The van der Waals surface area contributed by atoms with Gasteiger partial charge in [-0.1, -0.05) is 40.9 Å². The molecule has 0 aliphatic rings. The topological polar surface area (TPSA) is 79.8 Å². The summed E-state index contributed by atoms with van der Waals surface area (Å²) in [5.74, 6) is -0.465. The van der Waals surface area contributed by atoms with Crippen LogP contribution in [0.15, 0.2) is 47.6 Å². The summed E-state index contributed by atoms with van der Waals surface area (Å²) in [7, 11) is 0.